The zero-order chi connectivity index (χ0) is 27.4. The maximum Gasteiger partial charge on any atom is 0.289 e. The van der Waals surface area contributed by atoms with Crippen LogP contribution in [-0.4, -0.2) is 52.0 Å². The molecule has 3 amide bonds. The number of amides is 3. The number of benzene rings is 3. The van der Waals surface area contributed by atoms with Gasteiger partial charge in [-0.15, -0.1) is 0 Å². The molecule has 1 saturated heterocycles. The number of fused-ring (bicyclic) bond motifs is 1. The molecule has 4 aromatic rings. The summed E-state index contributed by atoms with van der Waals surface area (Å²) in [7, 11) is 0. The number of carbonyl (C=O) groups excluding carboxylic acids is 4. The lowest BCUT2D eigenvalue weighted by molar-refractivity contribution is -0.140. The third-order valence-corrected chi connectivity index (χ3v) is 7.17. The number of nitrogens with one attached hydrogen (secondary N) is 3. The number of carbonyl (C=O) groups is 4. The van der Waals surface area contributed by atoms with E-state index in [9.17, 15) is 19.2 Å². The van der Waals surface area contributed by atoms with Crippen molar-refractivity contribution in [2.75, 3.05) is 6.54 Å². The fraction of sp³-hybridized carbons (Fsp3) is 0.226. The Labute approximate surface area is 226 Å². The lowest BCUT2D eigenvalue weighted by atomic mass is 9.96. The predicted molar refractivity (Wildman–Crippen MR) is 148 cm³/mol. The molecule has 8 heteroatoms. The Morgan fingerprint density at radius 3 is 2.31 bits per heavy atom. The third-order valence-electron chi connectivity index (χ3n) is 7.17. The molecule has 5 rings (SSSR count). The topological polar surface area (TPSA) is 111 Å². The van der Waals surface area contributed by atoms with Crippen molar-refractivity contribution in [3.63, 3.8) is 0 Å². The van der Waals surface area contributed by atoms with Crippen molar-refractivity contribution in [1.82, 2.24) is 20.5 Å². The predicted octanol–water partition coefficient (Wildman–Crippen LogP) is 3.56. The van der Waals surface area contributed by atoms with Crippen LogP contribution in [0.5, 0.6) is 0 Å². The van der Waals surface area contributed by atoms with Crippen LogP contribution in [0.2, 0.25) is 0 Å². The van der Waals surface area contributed by atoms with Crippen LogP contribution in [0.1, 0.15) is 40.9 Å². The zero-order valence-corrected chi connectivity index (χ0v) is 21.6. The Morgan fingerprint density at radius 1 is 0.923 bits per heavy atom. The van der Waals surface area contributed by atoms with Gasteiger partial charge in [-0.05, 0) is 36.6 Å². The fourth-order valence-corrected chi connectivity index (χ4v) is 5.06. The lowest BCUT2D eigenvalue weighted by Crippen LogP contribution is -2.52. The van der Waals surface area contributed by atoms with E-state index in [1.807, 2.05) is 84.9 Å². The monoisotopic (exact) mass is 522 g/mol. The van der Waals surface area contributed by atoms with E-state index in [1.165, 1.54) is 6.92 Å². The Kier molecular flexibility index (Phi) is 7.54. The summed E-state index contributed by atoms with van der Waals surface area (Å²) in [6.07, 6.45) is 0.406. The fourth-order valence-electron chi connectivity index (χ4n) is 5.06. The van der Waals surface area contributed by atoms with Crippen LogP contribution in [-0.2, 0) is 20.9 Å². The number of hydrogen-bond donors (Lipinski definition) is 3. The van der Waals surface area contributed by atoms with Crippen LogP contribution >= 0.6 is 0 Å². The van der Waals surface area contributed by atoms with E-state index in [-0.39, 0.29) is 18.4 Å². The lowest BCUT2D eigenvalue weighted by Gasteiger charge is -2.24. The highest BCUT2D eigenvalue weighted by molar-refractivity contribution is 6.38. The van der Waals surface area contributed by atoms with Crippen molar-refractivity contribution < 1.29 is 19.2 Å². The molecule has 1 unspecified atom stereocenters. The minimum Gasteiger partial charge on any atom is -0.351 e. The molecule has 1 aromatic heterocycles. The highest BCUT2D eigenvalue weighted by atomic mass is 16.2. The van der Waals surface area contributed by atoms with Crippen LogP contribution in [0.25, 0.3) is 10.9 Å². The summed E-state index contributed by atoms with van der Waals surface area (Å²) in [6, 6.07) is 26.5. The molecule has 0 spiro atoms. The summed E-state index contributed by atoms with van der Waals surface area (Å²) < 4.78 is 0. The number of ketones is 1. The van der Waals surface area contributed by atoms with E-state index >= 15 is 0 Å². The van der Waals surface area contributed by atoms with Crippen molar-refractivity contribution in [3.8, 4) is 0 Å². The summed E-state index contributed by atoms with van der Waals surface area (Å²) in [4.78, 5) is 57.0. The summed E-state index contributed by atoms with van der Waals surface area (Å²) >= 11 is 0. The molecule has 1 aliphatic rings. The molecule has 0 aliphatic carbocycles. The minimum atomic E-state index is -1.05. The molecule has 3 atom stereocenters. The molecule has 0 bridgehead atoms. The quantitative estimate of drug-likeness (QED) is 0.307. The number of aromatic nitrogens is 1. The number of aromatic amines is 1. The Hall–Kier alpha value is -4.72. The van der Waals surface area contributed by atoms with Gasteiger partial charge in [0.15, 0.2) is 0 Å². The number of para-hydroxylation sites is 1. The third kappa shape index (κ3) is 5.75. The molecule has 2 heterocycles. The van der Waals surface area contributed by atoms with E-state index in [4.69, 9.17) is 0 Å². The molecular formula is C31H30N4O4. The Morgan fingerprint density at radius 2 is 1.59 bits per heavy atom. The molecule has 39 heavy (non-hydrogen) atoms. The smallest absolute Gasteiger partial charge is 0.289 e. The largest absolute Gasteiger partial charge is 0.351 e. The van der Waals surface area contributed by atoms with Crippen molar-refractivity contribution in [1.29, 1.82) is 0 Å². The second-order valence-electron chi connectivity index (χ2n) is 9.85. The van der Waals surface area contributed by atoms with E-state index < -0.39 is 29.7 Å². The SMILES string of the molecule is CC(NC(=O)[C@@H]1C[C@@H](c2ccccc2)CN1C(=O)c1cc2ccccc2[nH]1)C(=O)C(=O)NCc1ccccc1. The van der Waals surface area contributed by atoms with E-state index in [2.05, 4.69) is 15.6 Å². The maximum absolute atomic E-state index is 13.6. The molecule has 1 fully saturated rings. The van der Waals surface area contributed by atoms with Gasteiger partial charge in [-0.1, -0.05) is 78.9 Å². The van der Waals surface area contributed by atoms with Gasteiger partial charge in [0.2, 0.25) is 11.7 Å². The summed E-state index contributed by atoms with van der Waals surface area (Å²) in [6.45, 7) is 2.05. The van der Waals surface area contributed by atoms with Gasteiger partial charge in [-0.2, -0.15) is 0 Å². The molecule has 3 aromatic carbocycles. The first-order chi connectivity index (χ1) is 18.9. The summed E-state index contributed by atoms with van der Waals surface area (Å²) in [5.41, 5.74) is 3.12. The Bertz CT molecular complexity index is 1470. The second kappa shape index (κ2) is 11.3. The van der Waals surface area contributed by atoms with Crippen LogP contribution in [0.15, 0.2) is 91.0 Å². The van der Waals surface area contributed by atoms with Crippen LogP contribution in [0.4, 0.5) is 0 Å². The molecular weight excluding hydrogens is 492 g/mol. The Balaban J connectivity index is 1.30. The number of Topliss-reactive ketones (excluding diaryl/α,β-unsaturated/α-hetero) is 1. The maximum atomic E-state index is 13.6. The summed E-state index contributed by atoms with van der Waals surface area (Å²) in [5.74, 6) is -2.31. The first kappa shape index (κ1) is 25.9. The van der Waals surface area contributed by atoms with E-state index in [0.717, 1.165) is 22.0 Å². The molecule has 3 N–H and O–H groups in total. The number of nitrogens with zero attached hydrogens (tertiary/aromatic N) is 1. The number of H-pyrrole nitrogens is 1. The highest BCUT2D eigenvalue weighted by Crippen LogP contribution is 2.33. The average molecular weight is 523 g/mol. The average Bonchev–Trinajstić information content (AvgIpc) is 3.61. The van der Waals surface area contributed by atoms with Crippen LogP contribution < -0.4 is 10.6 Å². The van der Waals surface area contributed by atoms with E-state index in [1.54, 1.807) is 11.0 Å². The first-order valence-corrected chi connectivity index (χ1v) is 13.0. The van der Waals surface area contributed by atoms with Gasteiger partial charge < -0.3 is 20.5 Å². The van der Waals surface area contributed by atoms with Crippen molar-refractivity contribution in [2.45, 2.75) is 37.9 Å². The van der Waals surface area contributed by atoms with E-state index in [0.29, 0.717) is 18.7 Å². The summed E-state index contributed by atoms with van der Waals surface area (Å²) in [5, 5.41) is 6.19. The number of rotatable bonds is 8. The highest BCUT2D eigenvalue weighted by Gasteiger charge is 2.41. The number of likely N-dealkylation sites (tertiary alicyclic amines) is 1. The van der Waals surface area contributed by atoms with Gasteiger partial charge >= 0.3 is 0 Å². The van der Waals surface area contributed by atoms with Crippen molar-refractivity contribution in [2.24, 2.45) is 0 Å². The standard InChI is InChI=1S/C31H30N4O4/c1-20(28(36)30(38)32-18-21-10-4-2-5-11-21)33-29(37)27-17-24(22-12-6-3-7-13-22)19-35(27)31(39)26-16-23-14-8-9-15-25(23)34-26/h2-16,20,24,27,34H,17-19H2,1H3,(H,32,38)(H,33,37)/t20?,24-,27+/m1/s1. The first-order valence-electron chi connectivity index (χ1n) is 13.0. The molecule has 198 valence electrons. The molecule has 0 radical (unpaired) electrons. The van der Waals surface area contributed by atoms with Crippen LogP contribution in [0, 0.1) is 0 Å². The van der Waals surface area contributed by atoms with Crippen LogP contribution in [0.3, 0.4) is 0 Å². The van der Waals surface area contributed by atoms with Gasteiger partial charge in [0, 0.05) is 29.9 Å². The van der Waals surface area contributed by atoms with Gasteiger partial charge in [0.25, 0.3) is 11.8 Å². The molecule has 8 nitrogen and oxygen atoms in total. The minimum absolute atomic E-state index is 0.0459. The normalized spacial score (nSPS) is 17.5. The zero-order valence-electron chi connectivity index (χ0n) is 21.6. The van der Waals surface area contributed by atoms with Gasteiger partial charge in [-0.3, -0.25) is 19.2 Å². The van der Waals surface area contributed by atoms with Gasteiger partial charge in [0.1, 0.15) is 11.7 Å². The van der Waals surface area contributed by atoms with Gasteiger partial charge in [-0.25, -0.2) is 0 Å². The van der Waals surface area contributed by atoms with Gasteiger partial charge in [0.05, 0.1) is 6.04 Å². The molecule has 0 saturated carbocycles. The van der Waals surface area contributed by atoms with Crippen molar-refractivity contribution >= 4 is 34.4 Å². The number of hydrogen-bond acceptors (Lipinski definition) is 4. The molecule has 1 aliphatic heterocycles. The second-order valence-corrected chi connectivity index (χ2v) is 9.85. The van der Waals surface area contributed by atoms with Crippen molar-refractivity contribution in [3.05, 3.63) is 108 Å².